The first-order chi connectivity index (χ1) is 14.9. The van der Waals surface area contributed by atoms with E-state index >= 15 is 0 Å². The summed E-state index contributed by atoms with van der Waals surface area (Å²) in [6.07, 6.45) is 2.88. The standard InChI is InChI=1S/C24H14Cl2O5/c25-18-3-1-2-17(23(18)26)21-12-13-22(31-21)19(27)10-8-16-9-11-20(30-16)14-4-6-15(7-5-14)24(28)29/h1-13H,(H,28,29)/b10-8+. The summed E-state index contributed by atoms with van der Waals surface area (Å²) in [5.41, 5.74) is 1.52. The molecule has 4 rings (SSSR count). The Bertz CT molecular complexity index is 1300. The fraction of sp³-hybridized carbons (Fsp3) is 0. The minimum Gasteiger partial charge on any atom is -0.478 e. The second kappa shape index (κ2) is 8.68. The van der Waals surface area contributed by atoms with Gasteiger partial charge < -0.3 is 13.9 Å². The predicted molar refractivity (Wildman–Crippen MR) is 119 cm³/mol. The lowest BCUT2D eigenvalue weighted by Crippen LogP contribution is -1.94. The summed E-state index contributed by atoms with van der Waals surface area (Å²) in [6, 6.07) is 18.2. The van der Waals surface area contributed by atoms with Crippen LogP contribution in [0, 0.1) is 0 Å². The Kier molecular flexibility index (Phi) is 5.80. The lowest BCUT2D eigenvalue weighted by molar-refractivity contribution is 0.0696. The summed E-state index contributed by atoms with van der Waals surface area (Å²) in [4.78, 5) is 23.4. The van der Waals surface area contributed by atoms with E-state index in [1.165, 1.54) is 24.3 Å². The topological polar surface area (TPSA) is 80.6 Å². The van der Waals surface area contributed by atoms with Crippen LogP contribution in [0.2, 0.25) is 10.0 Å². The summed E-state index contributed by atoms with van der Waals surface area (Å²) < 4.78 is 11.3. The zero-order chi connectivity index (χ0) is 22.0. The zero-order valence-corrected chi connectivity index (χ0v) is 17.4. The third-order valence-corrected chi connectivity index (χ3v) is 5.33. The van der Waals surface area contributed by atoms with Crippen molar-refractivity contribution >= 4 is 41.0 Å². The van der Waals surface area contributed by atoms with E-state index in [4.69, 9.17) is 37.1 Å². The number of benzene rings is 2. The molecule has 0 aliphatic carbocycles. The molecule has 0 saturated carbocycles. The minimum atomic E-state index is -0.994. The van der Waals surface area contributed by atoms with Crippen LogP contribution >= 0.6 is 23.2 Å². The average molecular weight is 453 g/mol. The lowest BCUT2D eigenvalue weighted by atomic mass is 10.1. The summed E-state index contributed by atoms with van der Waals surface area (Å²) in [5, 5.41) is 9.73. The van der Waals surface area contributed by atoms with Crippen molar-refractivity contribution in [2.45, 2.75) is 0 Å². The van der Waals surface area contributed by atoms with E-state index in [9.17, 15) is 9.59 Å². The summed E-state index contributed by atoms with van der Waals surface area (Å²) in [5.74, 6) is 0.280. The first-order valence-electron chi connectivity index (χ1n) is 9.12. The molecule has 7 heteroatoms. The van der Waals surface area contributed by atoms with Gasteiger partial charge in [0.25, 0.3) is 0 Å². The first kappa shape index (κ1) is 20.7. The average Bonchev–Trinajstić information content (AvgIpc) is 3.44. The molecule has 5 nitrogen and oxygen atoms in total. The molecule has 0 saturated heterocycles. The van der Waals surface area contributed by atoms with Gasteiger partial charge >= 0.3 is 5.97 Å². The zero-order valence-electron chi connectivity index (χ0n) is 15.8. The Hall–Kier alpha value is -3.54. The van der Waals surface area contributed by atoms with Gasteiger partial charge in [0.2, 0.25) is 5.78 Å². The first-order valence-corrected chi connectivity index (χ1v) is 9.88. The van der Waals surface area contributed by atoms with Gasteiger partial charge in [0.1, 0.15) is 17.3 Å². The van der Waals surface area contributed by atoms with Gasteiger partial charge in [-0.3, -0.25) is 4.79 Å². The maximum Gasteiger partial charge on any atom is 0.335 e. The van der Waals surface area contributed by atoms with Crippen molar-refractivity contribution in [1.29, 1.82) is 0 Å². The van der Waals surface area contributed by atoms with Crippen LogP contribution in [0.1, 0.15) is 26.7 Å². The molecule has 4 aromatic rings. The molecule has 0 spiro atoms. The van der Waals surface area contributed by atoms with Crippen LogP contribution < -0.4 is 0 Å². The number of carbonyl (C=O) groups excluding carboxylic acids is 1. The van der Waals surface area contributed by atoms with Crippen molar-refractivity contribution in [3.63, 3.8) is 0 Å². The Morgan fingerprint density at radius 2 is 1.58 bits per heavy atom. The van der Waals surface area contributed by atoms with Crippen LogP contribution in [0.3, 0.4) is 0 Å². The molecule has 0 atom stereocenters. The third kappa shape index (κ3) is 4.48. The summed E-state index contributed by atoms with van der Waals surface area (Å²) >= 11 is 12.2. The van der Waals surface area contributed by atoms with Crippen molar-refractivity contribution < 1.29 is 23.5 Å². The number of ketones is 1. The predicted octanol–water partition coefficient (Wildman–Crippen LogP) is 7.11. The summed E-state index contributed by atoms with van der Waals surface area (Å²) in [6.45, 7) is 0. The number of halogens is 2. The molecular weight excluding hydrogens is 439 g/mol. The van der Waals surface area contributed by atoms with E-state index in [0.717, 1.165) is 5.56 Å². The lowest BCUT2D eigenvalue weighted by Gasteiger charge is -2.01. The SMILES string of the molecule is O=C(O)c1ccc(-c2ccc(/C=C/C(=O)c3ccc(-c4cccc(Cl)c4Cl)o3)o2)cc1. The van der Waals surface area contributed by atoms with Crippen LogP contribution in [-0.4, -0.2) is 16.9 Å². The van der Waals surface area contributed by atoms with Gasteiger partial charge in [-0.1, -0.05) is 41.4 Å². The number of carbonyl (C=O) groups is 2. The van der Waals surface area contributed by atoms with Crippen LogP contribution in [0.5, 0.6) is 0 Å². The Morgan fingerprint density at radius 3 is 2.32 bits per heavy atom. The van der Waals surface area contributed by atoms with E-state index in [0.29, 0.717) is 32.9 Å². The molecular formula is C24H14Cl2O5. The fourth-order valence-corrected chi connectivity index (χ4v) is 3.32. The minimum absolute atomic E-state index is 0.151. The molecule has 0 bridgehead atoms. The molecule has 0 fully saturated rings. The quantitative estimate of drug-likeness (QED) is 0.249. The number of rotatable bonds is 6. The largest absolute Gasteiger partial charge is 0.478 e. The number of hydrogen-bond acceptors (Lipinski definition) is 4. The molecule has 0 aliphatic heterocycles. The van der Waals surface area contributed by atoms with Gasteiger partial charge in [-0.15, -0.1) is 0 Å². The van der Waals surface area contributed by atoms with Crippen molar-refractivity contribution in [3.8, 4) is 22.6 Å². The van der Waals surface area contributed by atoms with Crippen LogP contribution in [0.4, 0.5) is 0 Å². The molecule has 0 radical (unpaired) electrons. The van der Waals surface area contributed by atoms with Gasteiger partial charge in [0.05, 0.1) is 15.6 Å². The van der Waals surface area contributed by atoms with E-state index in [1.54, 1.807) is 54.6 Å². The molecule has 31 heavy (non-hydrogen) atoms. The highest BCUT2D eigenvalue weighted by Gasteiger charge is 2.14. The monoisotopic (exact) mass is 452 g/mol. The molecule has 0 unspecified atom stereocenters. The number of allylic oxidation sites excluding steroid dienone is 1. The maximum atomic E-state index is 12.5. The Balaban J connectivity index is 1.48. The number of hydrogen-bond donors (Lipinski definition) is 1. The Morgan fingerprint density at radius 1 is 0.839 bits per heavy atom. The highest BCUT2D eigenvalue weighted by Crippen LogP contribution is 2.34. The number of carboxylic acids is 1. The van der Waals surface area contributed by atoms with Crippen LogP contribution in [0.25, 0.3) is 28.7 Å². The highest BCUT2D eigenvalue weighted by atomic mass is 35.5. The molecule has 1 N–H and O–H groups in total. The van der Waals surface area contributed by atoms with E-state index in [2.05, 4.69) is 0 Å². The van der Waals surface area contributed by atoms with Crippen molar-refractivity contribution in [2.75, 3.05) is 0 Å². The van der Waals surface area contributed by atoms with Gasteiger partial charge in [-0.2, -0.15) is 0 Å². The van der Waals surface area contributed by atoms with Crippen molar-refractivity contribution in [2.24, 2.45) is 0 Å². The summed E-state index contributed by atoms with van der Waals surface area (Å²) in [7, 11) is 0. The number of aromatic carboxylic acids is 1. The molecule has 2 aromatic heterocycles. The maximum absolute atomic E-state index is 12.5. The normalized spacial score (nSPS) is 11.2. The number of furan rings is 2. The smallest absolute Gasteiger partial charge is 0.335 e. The van der Waals surface area contributed by atoms with E-state index < -0.39 is 5.97 Å². The highest BCUT2D eigenvalue weighted by molar-refractivity contribution is 6.43. The number of carboxylic acid groups (broad SMARTS) is 1. The van der Waals surface area contributed by atoms with E-state index in [1.807, 2.05) is 0 Å². The Labute approximate surface area is 187 Å². The van der Waals surface area contributed by atoms with E-state index in [-0.39, 0.29) is 17.1 Å². The molecule has 2 heterocycles. The van der Waals surface area contributed by atoms with Crippen LogP contribution in [-0.2, 0) is 0 Å². The molecule has 154 valence electrons. The molecule has 2 aromatic carbocycles. The second-order valence-corrected chi connectivity index (χ2v) is 7.33. The van der Waals surface area contributed by atoms with Crippen molar-refractivity contribution in [3.05, 3.63) is 99.9 Å². The molecule has 0 aliphatic rings. The van der Waals surface area contributed by atoms with Gasteiger partial charge in [-0.25, -0.2) is 4.79 Å². The fourth-order valence-electron chi connectivity index (χ4n) is 2.92. The van der Waals surface area contributed by atoms with Crippen molar-refractivity contribution in [1.82, 2.24) is 0 Å². The third-order valence-electron chi connectivity index (χ3n) is 4.51. The molecule has 0 amide bonds. The van der Waals surface area contributed by atoms with Gasteiger partial charge in [0, 0.05) is 11.1 Å². The van der Waals surface area contributed by atoms with Crippen LogP contribution in [0.15, 0.2) is 81.6 Å². The van der Waals surface area contributed by atoms with Gasteiger partial charge in [0.15, 0.2) is 5.76 Å². The van der Waals surface area contributed by atoms with Gasteiger partial charge in [-0.05, 0) is 60.7 Å². The second-order valence-electron chi connectivity index (χ2n) is 6.55.